The molecule has 0 saturated carbocycles. The van der Waals surface area contributed by atoms with Gasteiger partial charge in [-0.15, -0.1) is 0 Å². The number of hydrogen-bond acceptors (Lipinski definition) is 6. The highest BCUT2D eigenvalue weighted by molar-refractivity contribution is 14.1. The molecular formula is C26H27F6IN2O6. The molecule has 3 rings (SSSR count). The summed E-state index contributed by atoms with van der Waals surface area (Å²) in [4.78, 5) is 26.5. The van der Waals surface area contributed by atoms with Crippen molar-refractivity contribution in [2.24, 2.45) is 0 Å². The fourth-order valence-corrected chi connectivity index (χ4v) is 5.28. The Morgan fingerprint density at radius 1 is 1.00 bits per heavy atom. The third kappa shape index (κ3) is 6.15. The number of rotatable bonds is 10. The molecule has 0 bridgehead atoms. The van der Waals surface area contributed by atoms with Crippen molar-refractivity contribution in [1.82, 2.24) is 10.2 Å². The van der Waals surface area contributed by atoms with Crippen LogP contribution in [-0.2, 0) is 22.4 Å². The van der Waals surface area contributed by atoms with Crippen LogP contribution in [0.5, 0.6) is 17.2 Å². The number of carbonyl (C=O) groups excluding carboxylic acids is 2. The quantitative estimate of drug-likeness (QED) is 0.0842. The Balaban J connectivity index is 1.69. The van der Waals surface area contributed by atoms with Crippen LogP contribution in [0.1, 0.15) is 49.8 Å². The Morgan fingerprint density at radius 3 is 2.20 bits per heavy atom. The Labute approximate surface area is 244 Å². The van der Waals surface area contributed by atoms with Crippen LogP contribution in [0.4, 0.5) is 31.1 Å². The second-order valence-corrected chi connectivity index (χ2v) is 10.8. The average molecular weight is 704 g/mol. The summed E-state index contributed by atoms with van der Waals surface area (Å²) < 4.78 is 86.1. The molecule has 1 aliphatic heterocycles. The van der Waals surface area contributed by atoms with Crippen LogP contribution in [0.15, 0.2) is 30.3 Å². The fraction of sp³-hybridized carbons (Fsp3) is 0.462. The van der Waals surface area contributed by atoms with Crippen LogP contribution in [0.25, 0.3) is 0 Å². The molecule has 1 aliphatic rings. The van der Waals surface area contributed by atoms with Gasteiger partial charge in [0.15, 0.2) is 11.5 Å². The predicted octanol–water partition coefficient (Wildman–Crippen LogP) is 5.59. The largest absolute Gasteiger partial charge is 0.504 e. The Hall–Kier alpha value is -2.95. The fourth-order valence-electron chi connectivity index (χ4n) is 4.44. The van der Waals surface area contributed by atoms with Gasteiger partial charge >= 0.3 is 18.4 Å². The van der Waals surface area contributed by atoms with Crippen molar-refractivity contribution in [3.63, 3.8) is 0 Å². The van der Waals surface area contributed by atoms with Gasteiger partial charge in [0.1, 0.15) is 11.3 Å². The number of hydrogen-bond donors (Lipinski definition) is 4. The number of imide groups is 1. The van der Waals surface area contributed by atoms with Crippen molar-refractivity contribution in [3.8, 4) is 17.2 Å². The van der Waals surface area contributed by atoms with Gasteiger partial charge in [0.2, 0.25) is 0 Å². The Kier molecular flexibility index (Phi) is 9.32. The third-order valence-corrected chi connectivity index (χ3v) is 7.53. The zero-order chi connectivity index (χ0) is 31.0. The molecule has 8 nitrogen and oxygen atoms in total. The van der Waals surface area contributed by atoms with Gasteiger partial charge < -0.3 is 25.4 Å². The molecule has 1 atom stereocenters. The molecule has 41 heavy (non-hydrogen) atoms. The number of aryl methyl sites for hydroxylation is 1. The van der Waals surface area contributed by atoms with Gasteiger partial charge in [-0.1, -0.05) is 19.4 Å². The number of phenolic OH excluding ortho intramolecular Hbond substituents is 2. The number of benzene rings is 2. The van der Waals surface area contributed by atoms with Gasteiger partial charge in [-0.2, -0.15) is 26.3 Å². The molecule has 2 aromatic carbocycles. The van der Waals surface area contributed by atoms with Crippen LogP contribution in [0.3, 0.4) is 0 Å². The highest BCUT2D eigenvalue weighted by Crippen LogP contribution is 2.51. The van der Waals surface area contributed by atoms with Crippen molar-refractivity contribution in [2.45, 2.75) is 63.0 Å². The Morgan fingerprint density at radius 2 is 1.63 bits per heavy atom. The molecular weight excluding hydrogens is 677 g/mol. The van der Waals surface area contributed by atoms with E-state index >= 15 is 0 Å². The SMILES string of the molecule is CCCc1cc(C(O)(C(F)(F)F)C(F)(F)F)cc(I)c1OCCCCN1C(=O)NC(C)(c2ccc(O)c(O)c2)C1=O. The van der Waals surface area contributed by atoms with E-state index in [1.807, 2.05) is 0 Å². The minimum absolute atomic E-state index is 0.0181. The summed E-state index contributed by atoms with van der Waals surface area (Å²) >= 11 is 1.55. The van der Waals surface area contributed by atoms with E-state index in [4.69, 9.17) is 4.74 Å². The number of nitrogens with one attached hydrogen (secondary N) is 1. The number of unbranched alkanes of at least 4 members (excludes halogenated alkanes) is 1. The number of urea groups is 1. The van der Waals surface area contributed by atoms with Crippen LogP contribution in [0.2, 0.25) is 0 Å². The van der Waals surface area contributed by atoms with Gasteiger partial charge in [0.05, 0.1) is 10.2 Å². The highest BCUT2D eigenvalue weighted by Gasteiger charge is 2.71. The summed E-state index contributed by atoms with van der Waals surface area (Å²) in [5, 5.41) is 31.7. The maximum absolute atomic E-state index is 13.4. The third-order valence-electron chi connectivity index (χ3n) is 6.73. The van der Waals surface area contributed by atoms with E-state index in [2.05, 4.69) is 5.32 Å². The van der Waals surface area contributed by atoms with Crippen molar-refractivity contribution in [1.29, 1.82) is 0 Å². The number of carbonyl (C=O) groups is 2. The first kappa shape index (κ1) is 32.6. The first-order valence-corrected chi connectivity index (χ1v) is 13.4. The standard InChI is InChI=1S/C26H27F6IN2O6/c1-3-6-14-11-16(24(40,25(27,28)29)26(30,31)32)12-17(33)20(14)41-10-5-4-9-35-21(38)23(2,34-22(35)39)15-7-8-18(36)19(37)13-15/h7-8,11-13,36-37,40H,3-6,9-10H2,1-2H3,(H,34,39). The molecule has 1 unspecified atom stereocenters. The molecule has 0 aromatic heterocycles. The number of aromatic hydroxyl groups is 2. The van der Waals surface area contributed by atoms with Gasteiger partial charge in [0, 0.05) is 12.1 Å². The lowest BCUT2D eigenvalue weighted by Crippen LogP contribution is -2.54. The minimum atomic E-state index is -6.02. The molecule has 226 valence electrons. The first-order valence-electron chi connectivity index (χ1n) is 12.4. The first-order chi connectivity index (χ1) is 18.9. The van der Waals surface area contributed by atoms with Gasteiger partial charge in [-0.25, -0.2) is 4.79 Å². The second kappa shape index (κ2) is 11.7. The monoisotopic (exact) mass is 704 g/mol. The molecule has 1 heterocycles. The lowest BCUT2D eigenvalue weighted by atomic mass is 9.90. The van der Waals surface area contributed by atoms with E-state index < -0.39 is 52.5 Å². The number of alkyl halides is 6. The normalized spacial score (nSPS) is 18.1. The van der Waals surface area contributed by atoms with Crippen LogP contribution in [-0.4, -0.2) is 57.7 Å². The number of ether oxygens (including phenoxy) is 1. The number of phenols is 2. The van der Waals surface area contributed by atoms with Crippen molar-refractivity contribution in [2.75, 3.05) is 13.2 Å². The molecule has 0 aliphatic carbocycles. The van der Waals surface area contributed by atoms with Gasteiger partial charge in [0.25, 0.3) is 11.5 Å². The predicted molar refractivity (Wildman–Crippen MR) is 141 cm³/mol. The number of amides is 3. The second-order valence-electron chi connectivity index (χ2n) is 9.67. The average Bonchev–Trinajstić information content (AvgIpc) is 3.08. The lowest BCUT2D eigenvalue weighted by Gasteiger charge is -2.33. The van der Waals surface area contributed by atoms with E-state index in [0.29, 0.717) is 18.6 Å². The number of aliphatic hydroxyl groups is 1. The summed E-state index contributed by atoms with van der Waals surface area (Å²) in [6.45, 7) is 3.08. The lowest BCUT2D eigenvalue weighted by molar-refractivity contribution is -0.376. The zero-order valence-corrected chi connectivity index (χ0v) is 23.9. The van der Waals surface area contributed by atoms with Crippen molar-refractivity contribution >= 4 is 34.5 Å². The zero-order valence-electron chi connectivity index (χ0n) is 21.8. The van der Waals surface area contributed by atoms with Gasteiger partial charge in [-0.3, -0.25) is 9.69 Å². The van der Waals surface area contributed by atoms with Gasteiger partial charge in [-0.05, 0) is 84.2 Å². The van der Waals surface area contributed by atoms with Crippen LogP contribution in [0, 0.1) is 3.57 Å². The summed E-state index contributed by atoms with van der Waals surface area (Å²) in [6, 6.07) is 4.29. The number of nitrogens with zero attached hydrogens (tertiary/aromatic N) is 1. The smallest absolute Gasteiger partial charge is 0.430 e. The van der Waals surface area contributed by atoms with Crippen molar-refractivity contribution in [3.05, 3.63) is 50.6 Å². The molecule has 0 radical (unpaired) electrons. The molecule has 0 spiro atoms. The van der Waals surface area contributed by atoms with Crippen LogP contribution >= 0.6 is 22.6 Å². The molecule has 1 fully saturated rings. The Bertz CT molecular complexity index is 1300. The molecule has 15 heteroatoms. The topological polar surface area (TPSA) is 119 Å². The van der Waals surface area contributed by atoms with E-state index in [1.54, 1.807) is 29.5 Å². The molecule has 3 amide bonds. The maximum atomic E-state index is 13.4. The summed E-state index contributed by atoms with van der Waals surface area (Å²) in [6.07, 6.45) is -11.0. The van der Waals surface area contributed by atoms with E-state index in [-0.39, 0.29) is 52.9 Å². The summed E-state index contributed by atoms with van der Waals surface area (Å²) in [7, 11) is 0. The summed E-state index contributed by atoms with van der Waals surface area (Å²) in [5.41, 5.74) is -7.59. The number of halogens is 7. The van der Waals surface area contributed by atoms with E-state index in [1.165, 1.54) is 19.1 Å². The maximum Gasteiger partial charge on any atom is 0.430 e. The molecule has 4 N–H and O–H groups in total. The summed E-state index contributed by atoms with van der Waals surface area (Å²) in [5.74, 6) is -1.37. The van der Waals surface area contributed by atoms with Crippen LogP contribution < -0.4 is 10.1 Å². The molecule has 1 saturated heterocycles. The van der Waals surface area contributed by atoms with E-state index in [0.717, 1.165) is 11.0 Å². The van der Waals surface area contributed by atoms with Crippen molar-refractivity contribution < 1.29 is 56.0 Å². The van der Waals surface area contributed by atoms with E-state index in [9.17, 15) is 51.3 Å². The molecule has 2 aromatic rings. The minimum Gasteiger partial charge on any atom is -0.504 e. The highest BCUT2D eigenvalue weighted by atomic mass is 127.